The molecule has 0 aromatic carbocycles. The lowest BCUT2D eigenvalue weighted by Gasteiger charge is -2.35. The van der Waals surface area contributed by atoms with Gasteiger partial charge in [-0.25, -0.2) is 13.2 Å². The van der Waals surface area contributed by atoms with Gasteiger partial charge in [-0.1, -0.05) is 0 Å². The SMILES string of the molecule is CCN(C)C(=O)N1CCN(S(C)(=O)=O)CC1. The molecular formula is C9H19N3O3S. The Morgan fingerprint density at radius 1 is 1.25 bits per heavy atom. The van der Waals surface area contributed by atoms with Crippen molar-refractivity contribution in [3.8, 4) is 0 Å². The van der Waals surface area contributed by atoms with Gasteiger partial charge in [0.1, 0.15) is 0 Å². The molecule has 0 N–H and O–H groups in total. The van der Waals surface area contributed by atoms with E-state index in [-0.39, 0.29) is 6.03 Å². The van der Waals surface area contributed by atoms with Gasteiger partial charge < -0.3 is 9.80 Å². The highest BCUT2D eigenvalue weighted by atomic mass is 32.2. The highest BCUT2D eigenvalue weighted by Gasteiger charge is 2.26. The second-order valence-corrected chi connectivity index (χ2v) is 5.93. The van der Waals surface area contributed by atoms with Gasteiger partial charge in [-0.15, -0.1) is 0 Å². The lowest BCUT2D eigenvalue weighted by Crippen LogP contribution is -2.53. The van der Waals surface area contributed by atoms with E-state index in [0.29, 0.717) is 32.7 Å². The monoisotopic (exact) mass is 249 g/mol. The molecular weight excluding hydrogens is 230 g/mol. The first-order chi connectivity index (χ1) is 7.36. The number of carbonyl (C=O) groups excluding carboxylic acids is 1. The third kappa shape index (κ3) is 3.08. The number of amides is 2. The van der Waals surface area contributed by atoms with Gasteiger partial charge >= 0.3 is 6.03 Å². The van der Waals surface area contributed by atoms with Crippen LogP contribution in [0, 0.1) is 0 Å². The molecule has 1 fully saturated rings. The molecule has 0 radical (unpaired) electrons. The first-order valence-corrected chi connectivity index (χ1v) is 7.16. The largest absolute Gasteiger partial charge is 0.328 e. The lowest BCUT2D eigenvalue weighted by atomic mass is 10.4. The summed E-state index contributed by atoms with van der Waals surface area (Å²) < 4.78 is 23.9. The van der Waals surface area contributed by atoms with Crippen molar-refractivity contribution in [1.29, 1.82) is 0 Å². The van der Waals surface area contributed by atoms with E-state index in [0.717, 1.165) is 0 Å². The molecule has 1 rings (SSSR count). The topological polar surface area (TPSA) is 60.9 Å². The van der Waals surface area contributed by atoms with Gasteiger partial charge in [-0.05, 0) is 6.92 Å². The fourth-order valence-corrected chi connectivity index (χ4v) is 2.41. The summed E-state index contributed by atoms with van der Waals surface area (Å²) in [5.41, 5.74) is 0. The number of nitrogens with zero attached hydrogens (tertiary/aromatic N) is 3. The normalized spacial score (nSPS) is 18.6. The third-order valence-electron chi connectivity index (χ3n) is 2.78. The van der Waals surface area contributed by atoms with Crippen molar-refractivity contribution in [2.75, 3.05) is 46.0 Å². The van der Waals surface area contributed by atoms with E-state index in [1.54, 1.807) is 16.8 Å². The van der Waals surface area contributed by atoms with Crippen LogP contribution in [0.1, 0.15) is 6.92 Å². The van der Waals surface area contributed by atoms with Crippen molar-refractivity contribution in [3.05, 3.63) is 0 Å². The molecule has 0 saturated carbocycles. The molecule has 0 aromatic heterocycles. The lowest BCUT2D eigenvalue weighted by molar-refractivity contribution is 0.144. The van der Waals surface area contributed by atoms with Crippen LogP contribution in [-0.2, 0) is 10.0 Å². The van der Waals surface area contributed by atoms with Crippen molar-refractivity contribution in [2.24, 2.45) is 0 Å². The van der Waals surface area contributed by atoms with Crippen molar-refractivity contribution in [1.82, 2.24) is 14.1 Å². The Morgan fingerprint density at radius 2 is 1.75 bits per heavy atom. The second-order valence-electron chi connectivity index (χ2n) is 3.95. The maximum Gasteiger partial charge on any atom is 0.319 e. The third-order valence-corrected chi connectivity index (χ3v) is 4.08. The van der Waals surface area contributed by atoms with E-state index in [9.17, 15) is 13.2 Å². The summed E-state index contributed by atoms with van der Waals surface area (Å²) in [5, 5.41) is 0. The Morgan fingerprint density at radius 3 is 2.12 bits per heavy atom. The zero-order chi connectivity index (χ0) is 12.3. The predicted octanol–water partition coefficient (Wildman–Crippen LogP) is -0.365. The van der Waals surface area contributed by atoms with Crippen molar-refractivity contribution >= 4 is 16.1 Å². The second kappa shape index (κ2) is 5.01. The Bertz CT molecular complexity index is 347. The molecule has 94 valence electrons. The number of carbonyl (C=O) groups is 1. The number of hydrogen-bond donors (Lipinski definition) is 0. The van der Waals surface area contributed by atoms with Gasteiger partial charge in [0.25, 0.3) is 0 Å². The average Bonchev–Trinajstić information content (AvgIpc) is 2.26. The minimum absolute atomic E-state index is 0.0318. The Labute approximate surface area is 96.9 Å². The molecule has 0 aromatic rings. The number of hydrogen-bond acceptors (Lipinski definition) is 3. The molecule has 0 aliphatic carbocycles. The van der Waals surface area contributed by atoms with Gasteiger partial charge in [-0.2, -0.15) is 4.31 Å². The first kappa shape index (κ1) is 13.2. The molecule has 1 saturated heterocycles. The van der Waals surface area contributed by atoms with Crippen LogP contribution in [0.25, 0.3) is 0 Å². The smallest absolute Gasteiger partial charge is 0.319 e. The Hall–Kier alpha value is -0.820. The van der Waals surface area contributed by atoms with Crippen LogP contribution in [0.5, 0.6) is 0 Å². The minimum atomic E-state index is -3.12. The van der Waals surface area contributed by atoms with Gasteiger partial charge in [0, 0.05) is 39.8 Å². The zero-order valence-electron chi connectivity index (χ0n) is 10.0. The predicted molar refractivity (Wildman–Crippen MR) is 61.7 cm³/mol. The van der Waals surface area contributed by atoms with Gasteiger partial charge in [0.05, 0.1) is 6.26 Å². The standard InChI is InChI=1S/C9H19N3O3S/c1-4-10(2)9(13)11-5-7-12(8-6-11)16(3,14)15/h4-8H2,1-3H3. The number of sulfonamides is 1. The molecule has 0 unspecified atom stereocenters. The van der Waals surface area contributed by atoms with Crippen LogP contribution in [0.2, 0.25) is 0 Å². The first-order valence-electron chi connectivity index (χ1n) is 5.31. The summed E-state index contributed by atoms with van der Waals surface area (Å²) >= 11 is 0. The Kier molecular flexibility index (Phi) is 4.15. The molecule has 0 spiro atoms. The molecule has 7 heteroatoms. The van der Waals surface area contributed by atoms with E-state index < -0.39 is 10.0 Å². The van der Waals surface area contributed by atoms with Crippen molar-refractivity contribution in [3.63, 3.8) is 0 Å². The maximum atomic E-state index is 11.8. The molecule has 0 bridgehead atoms. The van der Waals surface area contributed by atoms with E-state index in [4.69, 9.17) is 0 Å². The van der Waals surface area contributed by atoms with Gasteiger partial charge in [0.2, 0.25) is 10.0 Å². The molecule has 0 atom stereocenters. The zero-order valence-corrected chi connectivity index (χ0v) is 10.8. The van der Waals surface area contributed by atoms with E-state index >= 15 is 0 Å². The summed E-state index contributed by atoms with van der Waals surface area (Å²) in [5.74, 6) is 0. The van der Waals surface area contributed by atoms with E-state index in [1.165, 1.54) is 10.6 Å². The summed E-state index contributed by atoms with van der Waals surface area (Å²) in [6.45, 7) is 4.28. The molecule has 1 heterocycles. The quantitative estimate of drug-likeness (QED) is 0.671. The van der Waals surface area contributed by atoms with Crippen LogP contribution < -0.4 is 0 Å². The van der Waals surface area contributed by atoms with Gasteiger partial charge in [0.15, 0.2) is 0 Å². The number of piperazine rings is 1. The fourth-order valence-electron chi connectivity index (χ4n) is 1.59. The van der Waals surface area contributed by atoms with Crippen LogP contribution in [0.15, 0.2) is 0 Å². The van der Waals surface area contributed by atoms with E-state index in [1.807, 2.05) is 6.92 Å². The van der Waals surface area contributed by atoms with Crippen LogP contribution in [0.3, 0.4) is 0 Å². The molecule has 2 amide bonds. The van der Waals surface area contributed by atoms with Crippen molar-refractivity contribution < 1.29 is 13.2 Å². The Balaban J connectivity index is 2.53. The number of rotatable bonds is 2. The average molecular weight is 249 g/mol. The highest BCUT2D eigenvalue weighted by Crippen LogP contribution is 2.07. The van der Waals surface area contributed by atoms with E-state index in [2.05, 4.69) is 0 Å². The van der Waals surface area contributed by atoms with Crippen LogP contribution in [0.4, 0.5) is 4.79 Å². The number of urea groups is 1. The molecule has 16 heavy (non-hydrogen) atoms. The molecule has 1 aliphatic heterocycles. The highest BCUT2D eigenvalue weighted by molar-refractivity contribution is 7.88. The molecule has 1 aliphatic rings. The van der Waals surface area contributed by atoms with Crippen LogP contribution in [-0.4, -0.2) is 74.6 Å². The summed E-state index contributed by atoms with van der Waals surface area (Å²) in [4.78, 5) is 15.1. The minimum Gasteiger partial charge on any atom is -0.328 e. The van der Waals surface area contributed by atoms with Crippen LogP contribution >= 0.6 is 0 Å². The maximum absolute atomic E-state index is 11.8. The fraction of sp³-hybridized carbons (Fsp3) is 0.889. The van der Waals surface area contributed by atoms with Crippen molar-refractivity contribution in [2.45, 2.75) is 6.92 Å². The summed E-state index contributed by atoms with van der Waals surface area (Å²) in [7, 11) is -1.38. The molecule has 6 nitrogen and oxygen atoms in total. The summed E-state index contributed by atoms with van der Waals surface area (Å²) in [6.07, 6.45) is 1.20. The summed E-state index contributed by atoms with van der Waals surface area (Å²) in [6, 6.07) is -0.0318. The van der Waals surface area contributed by atoms with Gasteiger partial charge in [-0.3, -0.25) is 0 Å².